The maximum atomic E-state index is 13.4. The van der Waals surface area contributed by atoms with Crippen LogP contribution in [0.3, 0.4) is 0 Å². The van der Waals surface area contributed by atoms with Gasteiger partial charge in [-0.15, -0.1) is 0 Å². The van der Waals surface area contributed by atoms with Gasteiger partial charge < -0.3 is 0 Å². The number of carbonyl (C=O) groups is 3. The number of hydrogen-bond donors (Lipinski definition) is 0. The minimum Gasteiger partial charge on any atom is -0.272 e. The number of pyridine rings is 1. The molecule has 0 aliphatic carbocycles. The summed E-state index contributed by atoms with van der Waals surface area (Å²) in [4.78, 5) is 42.9. The third-order valence-corrected chi connectivity index (χ3v) is 4.81. The van der Waals surface area contributed by atoms with Crippen LogP contribution in [-0.2, 0) is 4.79 Å². The Balaban J connectivity index is 1.72. The van der Waals surface area contributed by atoms with E-state index in [-0.39, 0.29) is 5.91 Å². The molecular formula is C22H17N3O3. The van der Waals surface area contributed by atoms with Crippen molar-refractivity contribution in [3.63, 3.8) is 0 Å². The normalized spacial score (nSPS) is 14.0. The lowest BCUT2D eigenvalue weighted by molar-refractivity contribution is -0.139. The minimum atomic E-state index is -0.668. The summed E-state index contributed by atoms with van der Waals surface area (Å²) in [5.74, 6) is -2.05. The zero-order chi connectivity index (χ0) is 19.7. The summed E-state index contributed by atoms with van der Waals surface area (Å²) >= 11 is 0. The van der Waals surface area contributed by atoms with E-state index in [0.29, 0.717) is 11.1 Å². The standard InChI is InChI=1S/C22H17N3O3/c1-24(25-20(26)17-9-5-6-10-18(17)21(25)27)22(28)19(15-7-3-2-4-8-15)16-11-13-23-14-12-16/h2-14,19H,1H3. The summed E-state index contributed by atoms with van der Waals surface area (Å²) in [5, 5.41) is 2.02. The average Bonchev–Trinajstić information content (AvgIpc) is 3.00. The molecule has 28 heavy (non-hydrogen) atoms. The third-order valence-electron chi connectivity index (χ3n) is 4.81. The lowest BCUT2D eigenvalue weighted by Crippen LogP contribution is -2.49. The van der Waals surface area contributed by atoms with Crippen molar-refractivity contribution in [3.8, 4) is 0 Å². The number of hydrazine groups is 1. The van der Waals surface area contributed by atoms with Crippen LogP contribution in [0.15, 0.2) is 79.1 Å². The van der Waals surface area contributed by atoms with E-state index >= 15 is 0 Å². The first-order valence-corrected chi connectivity index (χ1v) is 8.79. The second-order valence-corrected chi connectivity index (χ2v) is 6.45. The van der Waals surface area contributed by atoms with E-state index in [9.17, 15) is 14.4 Å². The fraction of sp³-hybridized carbons (Fsp3) is 0.0909. The monoisotopic (exact) mass is 371 g/mol. The first-order chi connectivity index (χ1) is 13.6. The van der Waals surface area contributed by atoms with E-state index in [2.05, 4.69) is 4.98 Å². The highest BCUT2D eigenvalue weighted by molar-refractivity contribution is 6.21. The summed E-state index contributed by atoms with van der Waals surface area (Å²) < 4.78 is 0. The van der Waals surface area contributed by atoms with Gasteiger partial charge in [-0.25, -0.2) is 5.01 Å². The second kappa shape index (κ2) is 7.08. The van der Waals surface area contributed by atoms with E-state index in [4.69, 9.17) is 0 Å². The third kappa shape index (κ3) is 2.85. The van der Waals surface area contributed by atoms with Crippen LogP contribution in [0.4, 0.5) is 0 Å². The Morgan fingerprint density at radius 1 is 0.821 bits per heavy atom. The van der Waals surface area contributed by atoms with Gasteiger partial charge in [-0.05, 0) is 35.4 Å². The number of benzene rings is 2. The predicted molar refractivity (Wildman–Crippen MR) is 102 cm³/mol. The molecule has 6 nitrogen and oxygen atoms in total. The molecule has 3 aromatic rings. The molecule has 1 unspecified atom stereocenters. The maximum absolute atomic E-state index is 13.4. The van der Waals surface area contributed by atoms with E-state index in [1.165, 1.54) is 7.05 Å². The van der Waals surface area contributed by atoms with Gasteiger partial charge in [0, 0.05) is 19.4 Å². The van der Waals surface area contributed by atoms with Crippen LogP contribution >= 0.6 is 0 Å². The number of nitrogens with zero attached hydrogens (tertiary/aromatic N) is 3. The number of fused-ring (bicyclic) bond motifs is 1. The molecule has 0 saturated heterocycles. The molecule has 138 valence electrons. The van der Waals surface area contributed by atoms with E-state index in [0.717, 1.165) is 21.1 Å². The van der Waals surface area contributed by atoms with E-state index in [1.54, 1.807) is 48.8 Å². The maximum Gasteiger partial charge on any atom is 0.280 e. The largest absolute Gasteiger partial charge is 0.280 e. The van der Waals surface area contributed by atoms with Gasteiger partial charge in [-0.3, -0.25) is 19.4 Å². The SMILES string of the molecule is CN(C(=O)C(c1ccccc1)c1ccncc1)N1C(=O)c2ccccc2C1=O. The van der Waals surface area contributed by atoms with Crippen LogP contribution in [0, 0.1) is 0 Å². The Kier molecular flexibility index (Phi) is 4.45. The Morgan fingerprint density at radius 3 is 1.89 bits per heavy atom. The fourth-order valence-electron chi connectivity index (χ4n) is 3.41. The molecule has 6 heteroatoms. The molecule has 0 N–H and O–H groups in total. The van der Waals surface area contributed by atoms with Gasteiger partial charge in [-0.2, -0.15) is 5.01 Å². The zero-order valence-corrected chi connectivity index (χ0v) is 15.1. The van der Waals surface area contributed by atoms with Crippen molar-refractivity contribution in [1.29, 1.82) is 0 Å². The van der Waals surface area contributed by atoms with Crippen LogP contribution in [0.25, 0.3) is 0 Å². The average molecular weight is 371 g/mol. The van der Waals surface area contributed by atoms with Gasteiger partial charge in [0.2, 0.25) is 0 Å². The molecule has 0 radical (unpaired) electrons. The quantitative estimate of drug-likeness (QED) is 0.661. The number of likely N-dealkylation sites (N-methyl/N-ethyl adjacent to an activating group) is 1. The lowest BCUT2D eigenvalue weighted by atomic mass is 9.91. The molecule has 0 fully saturated rings. The molecule has 0 bridgehead atoms. The van der Waals surface area contributed by atoms with Crippen molar-refractivity contribution in [2.24, 2.45) is 0 Å². The van der Waals surface area contributed by atoms with Gasteiger partial charge in [-0.1, -0.05) is 42.5 Å². The summed E-state index contributed by atoms with van der Waals surface area (Å²) in [6, 6.07) is 19.3. The molecule has 2 aromatic carbocycles. The number of imide groups is 1. The molecule has 3 amide bonds. The first-order valence-electron chi connectivity index (χ1n) is 8.79. The zero-order valence-electron chi connectivity index (χ0n) is 15.1. The van der Waals surface area contributed by atoms with Gasteiger partial charge in [0.05, 0.1) is 17.0 Å². The molecular weight excluding hydrogens is 354 g/mol. The van der Waals surface area contributed by atoms with Crippen LogP contribution in [0.2, 0.25) is 0 Å². The smallest absolute Gasteiger partial charge is 0.272 e. The Labute approximate surface area is 162 Å². The van der Waals surface area contributed by atoms with Crippen molar-refractivity contribution in [2.75, 3.05) is 7.05 Å². The number of aromatic nitrogens is 1. The highest BCUT2D eigenvalue weighted by atomic mass is 16.2. The number of hydrogen-bond acceptors (Lipinski definition) is 4. The van der Waals surface area contributed by atoms with Crippen LogP contribution in [0.1, 0.15) is 37.8 Å². The highest BCUT2D eigenvalue weighted by Crippen LogP contribution is 2.29. The van der Waals surface area contributed by atoms with Crippen molar-refractivity contribution in [2.45, 2.75) is 5.92 Å². The molecule has 1 aliphatic heterocycles. The van der Waals surface area contributed by atoms with Gasteiger partial charge in [0.15, 0.2) is 0 Å². The topological polar surface area (TPSA) is 70.6 Å². The van der Waals surface area contributed by atoms with Crippen LogP contribution in [0.5, 0.6) is 0 Å². The molecule has 1 aromatic heterocycles. The molecule has 0 spiro atoms. The minimum absolute atomic E-state index is 0.298. The van der Waals surface area contributed by atoms with Crippen molar-refractivity contribution in [1.82, 2.24) is 15.0 Å². The summed E-state index contributed by atoms with van der Waals surface area (Å²) in [6.45, 7) is 0. The fourth-order valence-corrected chi connectivity index (χ4v) is 3.41. The van der Waals surface area contributed by atoms with E-state index < -0.39 is 17.7 Å². The summed E-state index contributed by atoms with van der Waals surface area (Å²) in [7, 11) is 1.45. The molecule has 0 saturated carbocycles. The lowest BCUT2D eigenvalue weighted by Gasteiger charge is -2.30. The Morgan fingerprint density at radius 2 is 1.32 bits per heavy atom. The van der Waals surface area contributed by atoms with Crippen molar-refractivity contribution < 1.29 is 14.4 Å². The number of amides is 3. The molecule has 4 rings (SSSR count). The molecule has 1 atom stereocenters. The van der Waals surface area contributed by atoms with Crippen LogP contribution in [-0.4, -0.2) is 39.8 Å². The van der Waals surface area contributed by atoms with Crippen LogP contribution < -0.4 is 0 Å². The second-order valence-electron chi connectivity index (χ2n) is 6.45. The number of rotatable bonds is 4. The van der Waals surface area contributed by atoms with E-state index in [1.807, 2.05) is 30.3 Å². The van der Waals surface area contributed by atoms with Gasteiger partial charge >= 0.3 is 0 Å². The molecule has 2 heterocycles. The Bertz CT molecular complexity index is 976. The summed E-state index contributed by atoms with van der Waals surface area (Å²) in [5.41, 5.74) is 2.09. The summed E-state index contributed by atoms with van der Waals surface area (Å²) in [6.07, 6.45) is 3.22. The van der Waals surface area contributed by atoms with Crippen molar-refractivity contribution >= 4 is 17.7 Å². The van der Waals surface area contributed by atoms with Crippen molar-refractivity contribution in [3.05, 3.63) is 101 Å². The van der Waals surface area contributed by atoms with Gasteiger partial charge in [0.1, 0.15) is 0 Å². The molecule has 1 aliphatic rings. The van der Waals surface area contributed by atoms with Gasteiger partial charge in [0.25, 0.3) is 17.7 Å². The predicted octanol–water partition coefficient (Wildman–Crippen LogP) is 2.88. The Hall–Kier alpha value is -3.80. The first kappa shape index (κ1) is 17.6. The number of carbonyl (C=O) groups excluding carboxylic acids is 3. The highest BCUT2D eigenvalue weighted by Gasteiger charge is 2.41.